The summed E-state index contributed by atoms with van der Waals surface area (Å²) in [5.41, 5.74) is 3.75. The third-order valence-electron chi connectivity index (χ3n) is 5.30. The molecule has 2 aromatic rings. The minimum atomic E-state index is -0.234. The molecule has 1 aromatic heterocycles. The molecule has 0 spiro atoms. The minimum absolute atomic E-state index is 0.154. The number of hydrogen-bond acceptors (Lipinski definition) is 3. The van der Waals surface area contributed by atoms with Gasteiger partial charge in [0.05, 0.1) is 13.2 Å². The molecule has 2 aliphatic rings. The molecule has 0 radical (unpaired) electrons. The number of rotatable bonds is 2. The Balaban J connectivity index is 1.80. The Morgan fingerprint density at radius 2 is 2.00 bits per heavy atom. The number of nitrogens with one attached hydrogen (secondary N) is 2. The molecule has 0 amide bonds. The zero-order chi connectivity index (χ0) is 15.1. The van der Waals surface area contributed by atoms with Gasteiger partial charge in [0.25, 0.3) is 0 Å². The van der Waals surface area contributed by atoms with Crippen LogP contribution in [0, 0.1) is 5.92 Å². The highest BCUT2D eigenvalue weighted by molar-refractivity contribution is 5.87. The molecule has 2 N–H and O–H groups in total. The lowest BCUT2D eigenvalue weighted by Gasteiger charge is -2.33. The summed E-state index contributed by atoms with van der Waals surface area (Å²) in [5, 5.41) is 4.80. The molecule has 1 aliphatic heterocycles. The first kappa shape index (κ1) is 13.8. The van der Waals surface area contributed by atoms with E-state index in [1.165, 1.54) is 55.0 Å². The molecule has 2 atom stereocenters. The second kappa shape index (κ2) is 5.43. The maximum Gasteiger partial charge on any atom is 0.323 e. The third-order valence-corrected chi connectivity index (χ3v) is 5.30. The van der Waals surface area contributed by atoms with Crippen molar-refractivity contribution in [3.8, 4) is 0 Å². The Hall–Kier alpha value is -1.81. The van der Waals surface area contributed by atoms with Crippen LogP contribution in [0.3, 0.4) is 0 Å². The number of hydrogen-bond donors (Lipinski definition) is 2. The number of carbonyl (C=O) groups excluding carboxylic acids is 1. The molecule has 22 heavy (non-hydrogen) atoms. The van der Waals surface area contributed by atoms with Gasteiger partial charge in [-0.3, -0.25) is 10.1 Å². The van der Waals surface area contributed by atoms with Crippen molar-refractivity contribution < 1.29 is 9.53 Å². The molecule has 1 aliphatic carbocycles. The van der Waals surface area contributed by atoms with E-state index in [4.69, 9.17) is 4.74 Å². The third kappa shape index (κ3) is 2.13. The molecule has 1 fully saturated rings. The van der Waals surface area contributed by atoms with Crippen molar-refractivity contribution in [2.24, 2.45) is 5.92 Å². The fourth-order valence-corrected chi connectivity index (χ4v) is 4.23. The van der Waals surface area contributed by atoms with Gasteiger partial charge in [-0.15, -0.1) is 0 Å². The summed E-state index contributed by atoms with van der Waals surface area (Å²) >= 11 is 0. The summed E-state index contributed by atoms with van der Waals surface area (Å²) in [5.74, 6) is 0.457. The van der Waals surface area contributed by atoms with Gasteiger partial charge >= 0.3 is 5.97 Å². The van der Waals surface area contributed by atoms with Gasteiger partial charge in [-0.1, -0.05) is 31.0 Å². The van der Waals surface area contributed by atoms with Crippen molar-refractivity contribution in [3.05, 3.63) is 35.5 Å². The van der Waals surface area contributed by atoms with Gasteiger partial charge in [0, 0.05) is 23.0 Å². The quantitative estimate of drug-likeness (QED) is 0.838. The van der Waals surface area contributed by atoms with Gasteiger partial charge in [0.1, 0.15) is 6.04 Å². The number of aromatic nitrogens is 1. The molecule has 0 bridgehead atoms. The molecule has 0 saturated heterocycles. The number of fused-ring (bicyclic) bond motifs is 3. The molecule has 2 heterocycles. The SMILES string of the molecule is COC(=O)[C@@H]1Cc2c([nH]c3ccccc23)[C@@H](C2CCCC2)N1. The Bertz CT molecular complexity index is 700. The number of benzene rings is 1. The van der Waals surface area contributed by atoms with E-state index in [-0.39, 0.29) is 18.1 Å². The number of ether oxygens (including phenoxy) is 1. The van der Waals surface area contributed by atoms with Crippen LogP contribution in [0.4, 0.5) is 0 Å². The van der Waals surface area contributed by atoms with E-state index < -0.39 is 0 Å². The monoisotopic (exact) mass is 298 g/mol. The van der Waals surface area contributed by atoms with Crippen LogP contribution in [0.5, 0.6) is 0 Å². The Labute approximate surface area is 130 Å². The summed E-state index contributed by atoms with van der Waals surface area (Å²) in [6.07, 6.45) is 5.76. The number of esters is 1. The predicted octanol–water partition coefficient (Wildman–Crippen LogP) is 3.09. The average molecular weight is 298 g/mol. The zero-order valence-corrected chi connectivity index (χ0v) is 12.9. The molecule has 1 aromatic carbocycles. The Kier molecular flexibility index (Phi) is 3.41. The van der Waals surface area contributed by atoms with Crippen LogP contribution >= 0.6 is 0 Å². The van der Waals surface area contributed by atoms with E-state index in [2.05, 4.69) is 34.6 Å². The molecule has 4 heteroatoms. The highest BCUT2D eigenvalue weighted by Gasteiger charge is 2.38. The van der Waals surface area contributed by atoms with Crippen molar-refractivity contribution >= 4 is 16.9 Å². The molecule has 116 valence electrons. The topological polar surface area (TPSA) is 54.1 Å². The van der Waals surface area contributed by atoms with Crippen molar-refractivity contribution in [3.63, 3.8) is 0 Å². The molecule has 1 saturated carbocycles. The van der Waals surface area contributed by atoms with Gasteiger partial charge < -0.3 is 9.72 Å². The number of aromatic amines is 1. The summed E-state index contributed by atoms with van der Waals surface area (Å²) in [6.45, 7) is 0. The highest BCUT2D eigenvalue weighted by Crippen LogP contribution is 2.41. The van der Waals surface area contributed by atoms with Crippen LogP contribution < -0.4 is 5.32 Å². The second-order valence-electron chi connectivity index (χ2n) is 6.53. The maximum atomic E-state index is 12.1. The number of carbonyl (C=O) groups is 1. The predicted molar refractivity (Wildman–Crippen MR) is 85.6 cm³/mol. The molecule has 4 rings (SSSR count). The largest absolute Gasteiger partial charge is 0.468 e. The van der Waals surface area contributed by atoms with Crippen molar-refractivity contribution in [1.29, 1.82) is 0 Å². The lowest BCUT2D eigenvalue weighted by molar-refractivity contribution is -0.143. The van der Waals surface area contributed by atoms with Crippen molar-refractivity contribution in [2.75, 3.05) is 7.11 Å². The number of para-hydroxylation sites is 1. The Morgan fingerprint density at radius 3 is 2.77 bits per heavy atom. The smallest absolute Gasteiger partial charge is 0.323 e. The minimum Gasteiger partial charge on any atom is -0.468 e. The van der Waals surface area contributed by atoms with E-state index in [1.54, 1.807) is 0 Å². The van der Waals surface area contributed by atoms with Gasteiger partial charge in [-0.2, -0.15) is 0 Å². The zero-order valence-electron chi connectivity index (χ0n) is 12.9. The molecular formula is C18H22N2O2. The lowest BCUT2D eigenvalue weighted by atomic mass is 9.86. The van der Waals surface area contributed by atoms with Crippen LogP contribution in [-0.2, 0) is 16.0 Å². The standard InChI is InChI=1S/C18H22N2O2/c1-22-18(21)15-10-13-12-8-4-5-9-14(12)19-17(13)16(20-15)11-6-2-3-7-11/h4-5,8-9,11,15-16,19-20H,2-3,6-7,10H2,1H3/t15-,16+/m0/s1. The van der Waals surface area contributed by atoms with Gasteiger partial charge in [0.15, 0.2) is 0 Å². The first-order chi connectivity index (χ1) is 10.8. The molecular weight excluding hydrogens is 276 g/mol. The number of H-pyrrole nitrogens is 1. The van der Waals surface area contributed by atoms with Gasteiger partial charge in [-0.25, -0.2) is 0 Å². The van der Waals surface area contributed by atoms with Gasteiger partial charge in [-0.05, 0) is 30.4 Å². The van der Waals surface area contributed by atoms with Crippen molar-refractivity contribution in [2.45, 2.75) is 44.2 Å². The van der Waals surface area contributed by atoms with E-state index in [9.17, 15) is 4.79 Å². The van der Waals surface area contributed by atoms with Crippen molar-refractivity contribution in [1.82, 2.24) is 10.3 Å². The lowest BCUT2D eigenvalue weighted by Crippen LogP contribution is -2.47. The highest BCUT2D eigenvalue weighted by atomic mass is 16.5. The van der Waals surface area contributed by atoms with E-state index in [0.717, 1.165) is 0 Å². The maximum absolute atomic E-state index is 12.1. The number of methoxy groups -OCH3 is 1. The fraction of sp³-hybridized carbons (Fsp3) is 0.500. The van der Waals surface area contributed by atoms with Crippen LogP contribution in [0.1, 0.15) is 43.0 Å². The molecule has 0 unspecified atom stereocenters. The molecule has 4 nitrogen and oxygen atoms in total. The van der Waals surface area contributed by atoms with E-state index >= 15 is 0 Å². The van der Waals surface area contributed by atoms with Gasteiger partial charge in [0.2, 0.25) is 0 Å². The average Bonchev–Trinajstić information content (AvgIpc) is 3.20. The Morgan fingerprint density at radius 1 is 1.23 bits per heavy atom. The fourth-order valence-electron chi connectivity index (χ4n) is 4.23. The van der Waals surface area contributed by atoms with E-state index in [1.807, 2.05) is 0 Å². The van der Waals surface area contributed by atoms with Crippen LogP contribution in [0.2, 0.25) is 0 Å². The first-order valence-corrected chi connectivity index (χ1v) is 8.21. The normalized spacial score (nSPS) is 25.3. The van der Waals surface area contributed by atoms with Crippen LogP contribution in [0.25, 0.3) is 10.9 Å². The van der Waals surface area contributed by atoms with Crippen LogP contribution in [0.15, 0.2) is 24.3 Å². The summed E-state index contributed by atoms with van der Waals surface area (Å²) in [7, 11) is 1.47. The summed E-state index contributed by atoms with van der Waals surface area (Å²) in [6, 6.07) is 8.39. The van der Waals surface area contributed by atoms with Crippen LogP contribution in [-0.4, -0.2) is 24.1 Å². The summed E-state index contributed by atoms with van der Waals surface area (Å²) in [4.78, 5) is 15.7. The summed E-state index contributed by atoms with van der Waals surface area (Å²) < 4.78 is 4.99. The second-order valence-corrected chi connectivity index (χ2v) is 6.53. The van der Waals surface area contributed by atoms with E-state index in [0.29, 0.717) is 12.3 Å². The first-order valence-electron chi connectivity index (χ1n) is 8.21.